The minimum Gasteiger partial charge on any atom is -0.476 e. The fourth-order valence-electron chi connectivity index (χ4n) is 1.90. The van der Waals surface area contributed by atoms with Crippen LogP contribution in [-0.2, 0) is 19.1 Å². The second-order valence-corrected chi connectivity index (χ2v) is 4.44. The molecule has 0 aromatic heterocycles. The van der Waals surface area contributed by atoms with Crippen molar-refractivity contribution in [1.82, 2.24) is 10.2 Å². The molecule has 104 valence electrons. The van der Waals surface area contributed by atoms with Crippen LogP contribution < -0.4 is 5.32 Å². The summed E-state index contributed by atoms with van der Waals surface area (Å²) < 4.78 is 10.3. The van der Waals surface area contributed by atoms with Crippen molar-refractivity contribution in [1.29, 1.82) is 0 Å². The zero-order valence-corrected chi connectivity index (χ0v) is 10.9. The van der Waals surface area contributed by atoms with Crippen LogP contribution >= 0.6 is 0 Å². The standard InChI is InChI=1S/C11H20N2O5/c1-8(2)12-11(10(15)16,18-9(3)14)13-4-6-17-7-5-13/h8,12H,4-7H2,1-3H3,(H,15,16). The molecule has 0 amide bonds. The maximum Gasteiger partial charge on any atom is 0.381 e. The third kappa shape index (κ3) is 3.41. The highest BCUT2D eigenvalue weighted by Gasteiger charge is 2.49. The van der Waals surface area contributed by atoms with Crippen molar-refractivity contribution >= 4 is 11.9 Å². The van der Waals surface area contributed by atoms with E-state index in [-0.39, 0.29) is 6.04 Å². The molecule has 0 spiro atoms. The van der Waals surface area contributed by atoms with E-state index in [4.69, 9.17) is 9.47 Å². The molecule has 1 aliphatic heterocycles. The van der Waals surface area contributed by atoms with Crippen molar-refractivity contribution in [3.8, 4) is 0 Å². The molecule has 7 heteroatoms. The Morgan fingerprint density at radius 1 is 1.39 bits per heavy atom. The third-order valence-electron chi connectivity index (χ3n) is 2.52. The zero-order chi connectivity index (χ0) is 13.8. The second-order valence-electron chi connectivity index (χ2n) is 4.44. The Morgan fingerprint density at radius 2 is 1.94 bits per heavy atom. The quantitative estimate of drug-likeness (QED) is 0.514. The van der Waals surface area contributed by atoms with Crippen molar-refractivity contribution in [3.63, 3.8) is 0 Å². The van der Waals surface area contributed by atoms with Gasteiger partial charge in [0, 0.05) is 26.1 Å². The van der Waals surface area contributed by atoms with Gasteiger partial charge in [0.2, 0.25) is 0 Å². The van der Waals surface area contributed by atoms with E-state index >= 15 is 0 Å². The van der Waals surface area contributed by atoms with Gasteiger partial charge in [-0.2, -0.15) is 0 Å². The van der Waals surface area contributed by atoms with Crippen molar-refractivity contribution in [2.75, 3.05) is 26.3 Å². The largest absolute Gasteiger partial charge is 0.476 e. The smallest absolute Gasteiger partial charge is 0.381 e. The maximum absolute atomic E-state index is 11.6. The molecule has 0 saturated carbocycles. The maximum atomic E-state index is 11.6. The van der Waals surface area contributed by atoms with Gasteiger partial charge in [-0.1, -0.05) is 0 Å². The number of nitrogens with zero attached hydrogens (tertiary/aromatic N) is 1. The van der Waals surface area contributed by atoms with Crippen molar-refractivity contribution in [3.05, 3.63) is 0 Å². The fourth-order valence-corrected chi connectivity index (χ4v) is 1.90. The lowest BCUT2D eigenvalue weighted by atomic mass is 10.2. The number of esters is 1. The first-order chi connectivity index (χ1) is 8.38. The Labute approximate surface area is 106 Å². The van der Waals surface area contributed by atoms with Gasteiger partial charge in [0.05, 0.1) is 13.2 Å². The molecule has 2 N–H and O–H groups in total. The zero-order valence-electron chi connectivity index (χ0n) is 10.9. The Balaban J connectivity index is 3.00. The topological polar surface area (TPSA) is 88.1 Å². The Bertz CT molecular complexity index is 315. The SMILES string of the molecule is CC(=O)OC(NC(C)C)(C(=O)O)N1CCOCC1. The molecule has 7 nitrogen and oxygen atoms in total. The molecule has 1 rings (SSSR count). The molecule has 1 atom stereocenters. The minimum absolute atomic E-state index is 0.150. The molecule has 1 unspecified atom stereocenters. The monoisotopic (exact) mass is 260 g/mol. The molecule has 0 aromatic carbocycles. The van der Waals surface area contributed by atoms with E-state index in [9.17, 15) is 14.7 Å². The number of rotatable bonds is 5. The highest BCUT2D eigenvalue weighted by atomic mass is 16.6. The molecule has 0 aliphatic carbocycles. The van der Waals surface area contributed by atoms with Crippen LogP contribution in [0.4, 0.5) is 0 Å². The van der Waals surface area contributed by atoms with Crippen LogP contribution in [0.3, 0.4) is 0 Å². The van der Waals surface area contributed by atoms with Crippen LogP contribution in [0.2, 0.25) is 0 Å². The fraction of sp³-hybridized carbons (Fsp3) is 0.818. The highest BCUT2D eigenvalue weighted by molar-refractivity contribution is 5.80. The summed E-state index contributed by atoms with van der Waals surface area (Å²) in [4.78, 5) is 24.3. The number of morpholine rings is 1. The van der Waals surface area contributed by atoms with Crippen LogP contribution in [0.5, 0.6) is 0 Å². The first kappa shape index (κ1) is 14.9. The van der Waals surface area contributed by atoms with E-state index in [1.165, 1.54) is 6.92 Å². The molecule has 1 saturated heterocycles. The normalized spacial score (nSPS) is 20.4. The van der Waals surface area contributed by atoms with Crippen molar-refractivity contribution < 1.29 is 24.2 Å². The highest BCUT2D eigenvalue weighted by Crippen LogP contribution is 2.18. The number of nitrogens with one attached hydrogen (secondary N) is 1. The lowest BCUT2D eigenvalue weighted by molar-refractivity contribution is -0.220. The number of carboxylic acid groups (broad SMARTS) is 1. The van der Waals surface area contributed by atoms with Crippen LogP contribution in [0.25, 0.3) is 0 Å². The van der Waals surface area contributed by atoms with E-state index in [2.05, 4.69) is 5.32 Å². The number of ether oxygens (including phenoxy) is 2. The summed E-state index contributed by atoms with van der Waals surface area (Å²) in [6.07, 6.45) is 0. The average Bonchev–Trinajstić information content (AvgIpc) is 2.27. The van der Waals surface area contributed by atoms with Crippen LogP contribution in [0, 0.1) is 0 Å². The molecule has 1 heterocycles. The number of carboxylic acids is 1. The van der Waals surface area contributed by atoms with E-state index in [1.54, 1.807) is 18.7 Å². The first-order valence-corrected chi connectivity index (χ1v) is 5.92. The summed E-state index contributed by atoms with van der Waals surface area (Å²) in [7, 11) is 0. The first-order valence-electron chi connectivity index (χ1n) is 5.92. The summed E-state index contributed by atoms with van der Waals surface area (Å²) in [5.41, 5.74) is 0. The molecular formula is C11H20N2O5. The molecule has 0 aromatic rings. The van der Waals surface area contributed by atoms with E-state index < -0.39 is 17.8 Å². The van der Waals surface area contributed by atoms with Gasteiger partial charge in [0.1, 0.15) is 0 Å². The van der Waals surface area contributed by atoms with Gasteiger partial charge in [-0.25, -0.2) is 9.69 Å². The van der Waals surface area contributed by atoms with Gasteiger partial charge in [0.15, 0.2) is 0 Å². The van der Waals surface area contributed by atoms with Gasteiger partial charge in [0.25, 0.3) is 0 Å². The molecule has 1 fully saturated rings. The van der Waals surface area contributed by atoms with Crippen LogP contribution in [0.1, 0.15) is 20.8 Å². The average molecular weight is 260 g/mol. The van der Waals surface area contributed by atoms with Gasteiger partial charge in [-0.15, -0.1) is 0 Å². The number of hydrogen-bond donors (Lipinski definition) is 2. The predicted octanol–water partition coefficient (Wildman–Crippen LogP) is -0.382. The van der Waals surface area contributed by atoms with E-state index in [0.29, 0.717) is 26.3 Å². The number of aliphatic carboxylic acids is 1. The van der Waals surface area contributed by atoms with E-state index in [0.717, 1.165) is 0 Å². The van der Waals surface area contributed by atoms with Crippen LogP contribution in [0.15, 0.2) is 0 Å². The number of hydrogen-bond acceptors (Lipinski definition) is 6. The third-order valence-corrected chi connectivity index (χ3v) is 2.52. The van der Waals surface area contributed by atoms with Crippen molar-refractivity contribution in [2.24, 2.45) is 0 Å². The number of carbonyl (C=O) groups excluding carboxylic acids is 1. The van der Waals surface area contributed by atoms with Crippen molar-refractivity contribution in [2.45, 2.75) is 32.7 Å². The van der Waals surface area contributed by atoms with E-state index in [1.807, 2.05) is 0 Å². The summed E-state index contributed by atoms with van der Waals surface area (Å²) in [5.74, 6) is -3.69. The molecule has 1 aliphatic rings. The van der Waals surface area contributed by atoms with Gasteiger partial charge in [-0.3, -0.25) is 10.1 Å². The Kier molecular flexibility index (Phi) is 5.06. The molecule has 0 radical (unpaired) electrons. The van der Waals surface area contributed by atoms with Gasteiger partial charge < -0.3 is 14.6 Å². The molecular weight excluding hydrogens is 240 g/mol. The molecule has 18 heavy (non-hydrogen) atoms. The summed E-state index contributed by atoms with van der Waals surface area (Å²) in [6, 6.07) is -0.150. The Morgan fingerprint density at radius 3 is 2.33 bits per heavy atom. The van der Waals surface area contributed by atoms with Gasteiger partial charge >= 0.3 is 17.8 Å². The lowest BCUT2D eigenvalue weighted by Gasteiger charge is -2.42. The summed E-state index contributed by atoms with van der Waals surface area (Å²) in [6.45, 7) is 6.38. The lowest BCUT2D eigenvalue weighted by Crippen LogP contribution is -2.69. The number of carbonyl (C=O) groups is 2. The Hall–Kier alpha value is -1.18. The predicted molar refractivity (Wildman–Crippen MR) is 62.8 cm³/mol. The van der Waals surface area contributed by atoms with Crippen LogP contribution in [-0.4, -0.2) is 60.1 Å². The molecule has 0 bridgehead atoms. The minimum atomic E-state index is -1.82. The summed E-state index contributed by atoms with van der Waals surface area (Å²) >= 11 is 0. The summed E-state index contributed by atoms with van der Waals surface area (Å²) in [5, 5.41) is 12.3. The second kappa shape index (κ2) is 6.12. The van der Waals surface area contributed by atoms with Gasteiger partial charge in [-0.05, 0) is 13.8 Å².